The van der Waals surface area contributed by atoms with Gasteiger partial charge in [-0.1, -0.05) is 23.2 Å². The number of ether oxygens (including phenoxy) is 1. The van der Waals surface area contributed by atoms with Crippen LogP contribution in [0.2, 0.25) is 10.0 Å². The molecule has 0 spiro atoms. The van der Waals surface area contributed by atoms with E-state index in [4.69, 9.17) is 27.9 Å². The maximum Gasteiger partial charge on any atom is 0.409 e. The normalized spacial score (nSPS) is 18.1. The van der Waals surface area contributed by atoms with Crippen molar-refractivity contribution in [3.63, 3.8) is 0 Å². The SMILES string of the molecule is CN1CC(CCC(=O)Nc2ccc(Cl)cc2Cl)OC1=O. The van der Waals surface area contributed by atoms with E-state index in [0.717, 1.165) is 0 Å². The number of benzene rings is 1. The Hall–Kier alpha value is -1.46. The van der Waals surface area contributed by atoms with Gasteiger partial charge in [0.05, 0.1) is 17.3 Å². The Morgan fingerprint density at radius 3 is 2.85 bits per heavy atom. The molecule has 7 heteroatoms. The number of likely N-dealkylation sites (N-methyl/N-ethyl adjacent to an activating group) is 1. The molecule has 1 atom stereocenters. The largest absolute Gasteiger partial charge is 0.444 e. The second-order valence-electron chi connectivity index (χ2n) is 4.60. The lowest BCUT2D eigenvalue weighted by molar-refractivity contribution is -0.116. The van der Waals surface area contributed by atoms with Crippen LogP contribution in [0, 0.1) is 0 Å². The van der Waals surface area contributed by atoms with Crippen LogP contribution in [0.1, 0.15) is 12.8 Å². The van der Waals surface area contributed by atoms with Crippen molar-refractivity contribution in [2.24, 2.45) is 0 Å². The van der Waals surface area contributed by atoms with Crippen LogP contribution in [0.3, 0.4) is 0 Å². The average Bonchev–Trinajstić information content (AvgIpc) is 2.70. The Morgan fingerprint density at radius 2 is 2.25 bits per heavy atom. The van der Waals surface area contributed by atoms with Gasteiger partial charge in [0.1, 0.15) is 6.10 Å². The standard InChI is InChI=1S/C13H14Cl2N2O3/c1-17-7-9(20-13(17)19)3-5-12(18)16-11-4-2-8(14)6-10(11)15/h2,4,6,9H,3,5,7H2,1H3,(H,16,18). The summed E-state index contributed by atoms with van der Waals surface area (Å²) in [5.74, 6) is -0.181. The van der Waals surface area contributed by atoms with Crippen molar-refractivity contribution >= 4 is 40.9 Å². The second-order valence-corrected chi connectivity index (χ2v) is 5.44. The number of halogens is 2. The van der Waals surface area contributed by atoms with Crippen LogP contribution in [-0.4, -0.2) is 36.6 Å². The van der Waals surface area contributed by atoms with Gasteiger partial charge in [-0.25, -0.2) is 4.79 Å². The summed E-state index contributed by atoms with van der Waals surface area (Å²) >= 11 is 11.7. The summed E-state index contributed by atoms with van der Waals surface area (Å²) in [4.78, 5) is 24.5. The summed E-state index contributed by atoms with van der Waals surface area (Å²) < 4.78 is 5.08. The van der Waals surface area contributed by atoms with E-state index in [2.05, 4.69) is 5.32 Å². The molecule has 0 radical (unpaired) electrons. The lowest BCUT2D eigenvalue weighted by Crippen LogP contribution is -2.20. The number of anilines is 1. The molecule has 1 saturated heterocycles. The van der Waals surface area contributed by atoms with E-state index >= 15 is 0 Å². The molecule has 108 valence electrons. The molecule has 1 unspecified atom stereocenters. The highest BCUT2D eigenvalue weighted by atomic mass is 35.5. The van der Waals surface area contributed by atoms with Crippen LogP contribution in [0.5, 0.6) is 0 Å². The number of carbonyl (C=O) groups excluding carboxylic acids is 2. The maximum absolute atomic E-state index is 11.8. The second kappa shape index (κ2) is 6.33. The van der Waals surface area contributed by atoms with E-state index in [1.807, 2.05) is 0 Å². The Bertz CT molecular complexity index is 536. The van der Waals surface area contributed by atoms with E-state index in [1.165, 1.54) is 4.90 Å². The van der Waals surface area contributed by atoms with Crippen molar-refractivity contribution in [1.29, 1.82) is 0 Å². The highest BCUT2D eigenvalue weighted by Crippen LogP contribution is 2.25. The fourth-order valence-corrected chi connectivity index (χ4v) is 2.35. The highest BCUT2D eigenvalue weighted by molar-refractivity contribution is 6.36. The number of rotatable bonds is 4. The van der Waals surface area contributed by atoms with Gasteiger partial charge >= 0.3 is 6.09 Å². The van der Waals surface area contributed by atoms with Crippen molar-refractivity contribution < 1.29 is 14.3 Å². The van der Waals surface area contributed by atoms with Gasteiger partial charge in [0, 0.05) is 18.5 Å². The Labute approximate surface area is 126 Å². The van der Waals surface area contributed by atoms with Gasteiger partial charge in [-0.3, -0.25) is 4.79 Å². The first-order valence-corrected chi connectivity index (χ1v) is 6.88. The third-order valence-corrected chi connectivity index (χ3v) is 3.50. The Kier molecular flexibility index (Phi) is 4.73. The molecule has 20 heavy (non-hydrogen) atoms. The van der Waals surface area contributed by atoms with Gasteiger partial charge in [-0.15, -0.1) is 0 Å². The van der Waals surface area contributed by atoms with Crippen molar-refractivity contribution in [3.8, 4) is 0 Å². The van der Waals surface area contributed by atoms with Crippen LogP contribution in [0.25, 0.3) is 0 Å². The van der Waals surface area contributed by atoms with Crippen molar-refractivity contribution in [1.82, 2.24) is 4.90 Å². The van der Waals surface area contributed by atoms with Gasteiger partial charge in [-0.2, -0.15) is 0 Å². The molecule has 1 aromatic rings. The number of nitrogens with zero attached hydrogens (tertiary/aromatic N) is 1. The van der Waals surface area contributed by atoms with Gasteiger partial charge < -0.3 is 15.0 Å². The Morgan fingerprint density at radius 1 is 1.50 bits per heavy atom. The molecule has 0 aromatic heterocycles. The monoisotopic (exact) mass is 316 g/mol. The molecule has 0 aliphatic carbocycles. The molecule has 2 amide bonds. The zero-order chi connectivity index (χ0) is 14.7. The minimum absolute atomic E-state index is 0.181. The zero-order valence-corrected chi connectivity index (χ0v) is 12.4. The van der Waals surface area contributed by atoms with Crippen LogP contribution in [0.4, 0.5) is 10.5 Å². The van der Waals surface area contributed by atoms with Gasteiger partial charge in [0.25, 0.3) is 0 Å². The summed E-state index contributed by atoms with van der Waals surface area (Å²) in [6.07, 6.45) is 0.146. The fraction of sp³-hybridized carbons (Fsp3) is 0.385. The van der Waals surface area contributed by atoms with Crippen LogP contribution in [-0.2, 0) is 9.53 Å². The number of hydrogen-bond acceptors (Lipinski definition) is 3. The predicted octanol–water partition coefficient (Wildman–Crippen LogP) is 3.16. The molecule has 1 fully saturated rings. The lowest BCUT2D eigenvalue weighted by Gasteiger charge is -2.09. The van der Waals surface area contributed by atoms with Crippen molar-refractivity contribution in [3.05, 3.63) is 28.2 Å². The molecule has 1 aliphatic rings. The summed E-state index contributed by atoms with van der Waals surface area (Å²) in [6.45, 7) is 0.508. The van der Waals surface area contributed by atoms with Gasteiger partial charge in [-0.05, 0) is 24.6 Å². The van der Waals surface area contributed by atoms with Gasteiger partial charge in [0.15, 0.2) is 0 Å². The molecule has 0 bridgehead atoms. The number of hydrogen-bond donors (Lipinski definition) is 1. The zero-order valence-electron chi connectivity index (χ0n) is 10.9. The molecule has 1 N–H and O–H groups in total. The number of carbonyl (C=O) groups is 2. The topological polar surface area (TPSA) is 58.6 Å². The van der Waals surface area contributed by atoms with E-state index in [-0.39, 0.29) is 24.5 Å². The first-order chi connectivity index (χ1) is 9.45. The quantitative estimate of drug-likeness (QED) is 0.928. The smallest absolute Gasteiger partial charge is 0.409 e. The van der Waals surface area contributed by atoms with Crippen LogP contribution in [0.15, 0.2) is 18.2 Å². The number of nitrogens with one attached hydrogen (secondary N) is 1. The molecular formula is C13H14Cl2N2O3. The van der Waals surface area contributed by atoms with Crippen molar-refractivity contribution in [2.75, 3.05) is 18.9 Å². The molecular weight excluding hydrogens is 303 g/mol. The molecule has 0 saturated carbocycles. The molecule has 1 heterocycles. The van der Waals surface area contributed by atoms with E-state index in [0.29, 0.717) is 28.7 Å². The van der Waals surface area contributed by atoms with E-state index < -0.39 is 0 Å². The minimum Gasteiger partial charge on any atom is -0.444 e. The summed E-state index contributed by atoms with van der Waals surface area (Å²) in [7, 11) is 1.66. The first kappa shape index (κ1) is 14.9. The fourth-order valence-electron chi connectivity index (χ4n) is 1.90. The lowest BCUT2D eigenvalue weighted by atomic mass is 10.2. The van der Waals surface area contributed by atoms with Gasteiger partial charge in [0.2, 0.25) is 5.91 Å². The number of amides is 2. The maximum atomic E-state index is 11.8. The molecule has 1 aliphatic heterocycles. The third kappa shape index (κ3) is 3.77. The summed E-state index contributed by atoms with van der Waals surface area (Å²) in [5.41, 5.74) is 0.515. The minimum atomic E-state index is -0.351. The molecule has 2 rings (SSSR count). The average molecular weight is 317 g/mol. The van der Waals surface area contributed by atoms with Crippen molar-refractivity contribution in [2.45, 2.75) is 18.9 Å². The predicted molar refractivity (Wildman–Crippen MR) is 77.2 cm³/mol. The summed E-state index contributed by atoms with van der Waals surface area (Å²) in [5, 5.41) is 3.60. The highest BCUT2D eigenvalue weighted by Gasteiger charge is 2.28. The third-order valence-electron chi connectivity index (χ3n) is 2.96. The van der Waals surface area contributed by atoms with E-state index in [1.54, 1.807) is 25.2 Å². The van der Waals surface area contributed by atoms with Crippen LogP contribution < -0.4 is 5.32 Å². The first-order valence-electron chi connectivity index (χ1n) is 6.12. The molecule has 5 nitrogen and oxygen atoms in total. The Balaban J connectivity index is 1.82. The number of cyclic esters (lactones) is 1. The summed E-state index contributed by atoms with van der Waals surface area (Å²) in [6, 6.07) is 4.86. The van der Waals surface area contributed by atoms with E-state index in [9.17, 15) is 9.59 Å². The van der Waals surface area contributed by atoms with Crippen LogP contribution >= 0.6 is 23.2 Å². The molecule has 1 aromatic carbocycles.